The van der Waals surface area contributed by atoms with E-state index in [0.29, 0.717) is 6.04 Å². The van der Waals surface area contributed by atoms with Gasteiger partial charge in [0.2, 0.25) is 5.56 Å². The van der Waals surface area contributed by atoms with E-state index in [1.165, 1.54) is 6.07 Å². The minimum Gasteiger partial charge on any atom is -0.387 e. The zero-order valence-corrected chi connectivity index (χ0v) is 12.2. The smallest absolute Gasteiger partial charge is 0.248 e. The summed E-state index contributed by atoms with van der Waals surface area (Å²) in [6.07, 6.45) is 0.232. The molecule has 108 valence electrons. The summed E-state index contributed by atoms with van der Waals surface area (Å²) >= 11 is 0. The molecule has 1 aromatic carbocycles. The second-order valence-corrected chi connectivity index (χ2v) is 5.41. The molecule has 0 radical (unpaired) electrons. The minimum absolute atomic E-state index is 0.00692. The van der Waals surface area contributed by atoms with E-state index in [9.17, 15) is 9.90 Å². The number of rotatable bonds is 5. The zero-order chi connectivity index (χ0) is 14.7. The first-order valence-electron chi connectivity index (χ1n) is 7.09. The van der Waals surface area contributed by atoms with Gasteiger partial charge in [-0.1, -0.05) is 32.9 Å². The summed E-state index contributed by atoms with van der Waals surface area (Å²) in [5, 5.41) is 14.9. The molecule has 1 aromatic heterocycles. The van der Waals surface area contributed by atoms with Crippen LogP contribution in [0.2, 0.25) is 0 Å². The first-order chi connectivity index (χ1) is 9.52. The Morgan fingerprint density at radius 2 is 2.00 bits per heavy atom. The summed E-state index contributed by atoms with van der Waals surface area (Å²) in [4.78, 5) is 14.2. The normalized spacial score (nSPS) is 14.7. The number of fused-ring (bicyclic) bond motifs is 1. The lowest BCUT2D eigenvalue weighted by Crippen LogP contribution is -2.38. The largest absolute Gasteiger partial charge is 0.387 e. The van der Waals surface area contributed by atoms with Gasteiger partial charge in [0.1, 0.15) is 0 Å². The van der Waals surface area contributed by atoms with Crippen molar-refractivity contribution in [3.05, 3.63) is 46.2 Å². The highest BCUT2D eigenvalue weighted by atomic mass is 16.3. The fraction of sp³-hybridized carbons (Fsp3) is 0.438. The molecule has 2 rings (SSSR count). The van der Waals surface area contributed by atoms with Crippen molar-refractivity contribution in [2.24, 2.45) is 0 Å². The molecule has 20 heavy (non-hydrogen) atoms. The molecule has 0 unspecified atom stereocenters. The third kappa shape index (κ3) is 3.08. The number of H-pyrrole nitrogens is 1. The maximum Gasteiger partial charge on any atom is 0.248 e. The summed E-state index contributed by atoms with van der Waals surface area (Å²) in [5.41, 5.74) is 1.48. The van der Waals surface area contributed by atoms with Crippen molar-refractivity contribution in [3.63, 3.8) is 0 Å². The van der Waals surface area contributed by atoms with Crippen LogP contribution in [0.15, 0.2) is 35.1 Å². The van der Waals surface area contributed by atoms with Gasteiger partial charge in [-0.2, -0.15) is 0 Å². The van der Waals surface area contributed by atoms with Gasteiger partial charge < -0.3 is 15.4 Å². The summed E-state index contributed by atoms with van der Waals surface area (Å²) in [6, 6.07) is 9.19. The fourth-order valence-electron chi connectivity index (χ4n) is 2.55. The Balaban J connectivity index is 2.43. The molecular formula is C16H22N2O2. The van der Waals surface area contributed by atoms with E-state index in [1.807, 2.05) is 18.2 Å². The lowest BCUT2D eigenvalue weighted by atomic mass is 9.96. The predicted molar refractivity (Wildman–Crippen MR) is 81.9 cm³/mol. The van der Waals surface area contributed by atoms with Crippen LogP contribution in [0.4, 0.5) is 0 Å². The molecule has 0 fully saturated rings. The van der Waals surface area contributed by atoms with E-state index in [4.69, 9.17) is 0 Å². The van der Waals surface area contributed by atoms with Crippen LogP contribution in [-0.4, -0.2) is 22.2 Å². The number of hydrogen-bond acceptors (Lipinski definition) is 3. The van der Waals surface area contributed by atoms with Crippen LogP contribution in [0, 0.1) is 0 Å². The predicted octanol–water partition coefficient (Wildman–Crippen LogP) is 2.34. The van der Waals surface area contributed by atoms with Crippen LogP contribution in [0.1, 0.15) is 38.9 Å². The average Bonchev–Trinajstić information content (AvgIpc) is 2.42. The van der Waals surface area contributed by atoms with Gasteiger partial charge in [0, 0.05) is 29.1 Å². The number of hydrogen-bond donors (Lipinski definition) is 3. The van der Waals surface area contributed by atoms with Gasteiger partial charge in [-0.05, 0) is 24.1 Å². The van der Waals surface area contributed by atoms with Crippen molar-refractivity contribution in [3.8, 4) is 0 Å². The number of pyridine rings is 1. The molecule has 0 bridgehead atoms. The van der Waals surface area contributed by atoms with Crippen molar-refractivity contribution >= 4 is 10.9 Å². The highest BCUT2D eigenvalue weighted by molar-refractivity contribution is 5.82. The number of aromatic amines is 1. The number of aliphatic hydroxyl groups excluding tert-OH is 1. The minimum atomic E-state index is -0.600. The van der Waals surface area contributed by atoms with E-state index in [0.717, 1.165) is 22.9 Å². The van der Waals surface area contributed by atoms with E-state index in [-0.39, 0.29) is 11.6 Å². The van der Waals surface area contributed by atoms with E-state index in [2.05, 4.69) is 31.1 Å². The first kappa shape index (κ1) is 14.8. The van der Waals surface area contributed by atoms with Gasteiger partial charge in [-0.3, -0.25) is 4.79 Å². The van der Waals surface area contributed by atoms with Gasteiger partial charge in [0.15, 0.2) is 0 Å². The van der Waals surface area contributed by atoms with Gasteiger partial charge in [0.05, 0.1) is 6.10 Å². The molecule has 0 aliphatic rings. The Morgan fingerprint density at radius 1 is 1.25 bits per heavy atom. The highest BCUT2D eigenvalue weighted by Gasteiger charge is 2.21. The summed E-state index contributed by atoms with van der Waals surface area (Å²) in [7, 11) is 0. The van der Waals surface area contributed by atoms with Crippen LogP contribution in [0.5, 0.6) is 0 Å². The van der Waals surface area contributed by atoms with Crippen molar-refractivity contribution in [1.29, 1.82) is 0 Å². The SMILES string of the molecule is CC[C@@H](NC(C)C)[C@H](O)c1cccc2[nH]c(=O)ccc12. The first-order valence-corrected chi connectivity index (χ1v) is 7.09. The summed E-state index contributed by atoms with van der Waals surface area (Å²) < 4.78 is 0. The standard InChI is InChI=1S/C16H22N2O2/c1-4-13(17-10(2)3)16(20)12-6-5-7-14-11(12)8-9-15(19)18-14/h5-10,13,16-17,20H,4H2,1-3H3,(H,18,19)/t13-,16-/m1/s1. The molecule has 3 N–H and O–H groups in total. The molecule has 0 saturated heterocycles. The molecule has 0 spiro atoms. The Kier molecular flexibility index (Phi) is 4.57. The van der Waals surface area contributed by atoms with Crippen LogP contribution < -0.4 is 10.9 Å². The maximum atomic E-state index is 11.4. The second kappa shape index (κ2) is 6.20. The molecule has 2 atom stereocenters. The van der Waals surface area contributed by atoms with Gasteiger partial charge in [0.25, 0.3) is 0 Å². The summed E-state index contributed by atoms with van der Waals surface area (Å²) in [5.74, 6) is 0. The molecule has 1 heterocycles. The molecular weight excluding hydrogens is 252 g/mol. The molecule has 2 aromatic rings. The molecule has 0 saturated carbocycles. The molecule has 0 aliphatic carbocycles. The third-order valence-corrected chi connectivity index (χ3v) is 3.49. The van der Waals surface area contributed by atoms with Crippen molar-refractivity contribution in [2.75, 3.05) is 0 Å². The highest BCUT2D eigenvalue weighted by Crippen LogP contribution is 2.26. The molecule has 0 amide bonds. The van der Waals surface area contributed by atoms with E-state index in [1.54, 1.807) is 6.07 Å². The average molecular weight is 274 g/mol. The van der Waals surface area contributed by atoms with E-state index < -0.39 is 6.10 Å². The lowest BCUT2D eigenvalue weighted by molar-refractivity contribution is 0.123. The number of nitrogens with one attached hydrogen (secondary N) is 2. The van der Waals surface area contributed by atoms with Gasteiger partial charge in [-0.25, -0.2) is 0 Å². The van der Waals surface area contributed by atoms with Crippen molar-refractivity contribution < 1.29 is 5.11 Å². The maximum absolute atomic E-state index is 11.4. The Morgan fingerprint density at radius 3 is 2.65 bits per heavy atom. The van der Waals surface area contributed by atoms with Crippen molar-refractivity contribution in [1.82, 2.24) is 10.3 Å². The molecule has 4 nitrogen and oxygen atoms in total. The van der Waals surface area contributed by atoms with Crippen LogP contribution in [0.3, 0.4) is 0 Å². The quantitative estimate of drug-likeness (QED) is 0.784. The monoisotopic (exact) mass is 274 g/mol. The fourth-order valence-corrected chi connectivity index (χ4v) is 2.55. The van der Waals surface area contributed by atoms with Gasteiger partial charge >= 0.3 is 0 Å². The summed E-state index contributed by atoms with van der Waals surface area (Å²) in [6.45, 7) is 6.18. The molecule has 0 aliphatic heterocycles. The Labute approximate surface area is 118 Å². The van der Waals surface area contributed by atoms with Crippen LogP contribution in [0.25, 0.3) is 10.9 Å². The second-order valence-electron chi connectivity index (χ2n) is 5.41. The lowest BCUT2D eigenvalue weighted by Gasteiger charge is -2.26. The molecule has 4 heteroatoms. The Hall–Kier alpha value is -1.65. The number of benzene rings is 1. The third-order valence-electron chi connectivity index (χ3n) is 3.49. The number of aromatic nitrogens is 1. The Bertz CT molecular complexity index is 634. The number of aliphatic hydroxyl groups is 1. The van der Waals surface area contributed by atoms with Crippen LogP contribution >= 0.6 is 0 Å². The van der Waals surface area contributed by atoms with Crippen LogP contribution in [-0.2, 0) is 0 Å². The topological polar surface area (TPSA) is 65.1 Å². The van der Waals surface area contributed by atoms with Crippen molar-refractivity contribution in [2.45, 2.75) is 45.4 Å². The van der Waals surface area contributed by atoms with E-state index >= 15 is 0 Å². The zero-order valence-electron chi connectivity index (χ0n) is 12.2. The van der Waals surface area contributed by atoms with Gasteiger partial charge in [-0.15, -0.1) is 0 Å².